The molecule has 1 heterocycles. The first-order valence-corrected chi connectivity index (χ1v) is 8.28. The first-order valence-electron chi connectivity index (χ1n) is 8.28. The average molecular weight is 309 g/mol. The van der Waals surface area contributed by atoms with Crippen molar-refractivity contribution in [2.24, 2.45) is 0 Å². The first-order chi connectivity index (χ1) is 11.3. The summed E-state index contributed by atoms with van der Waals surface area (Å²) in [5.41, 5.74) is 1.58. The Bertz CT molecular complexity index is 633. The molecule has 0 saturated carbocycles. The molecular formula is C20H23NO2. The van der Waals surface area contributed by atoms with E-state index in [-0.39, 0.29) is 5.91 Å². The fourth-order valence-electron chi connectivity index (χ4n) is 3.41. The Morgan fingerprint density at radius 3 is 2.13 bits per heavy atom. The number of nitrogens with zero attached hydrogens (tertiary/aromatic N) is 1. The van der Waals surface area contributed by atoms with E-state index in [1.54, 1.807) is 0 Å². The SMILES string of the molecule is CCN(C(=O)C1(c2ccccc2)CCOCC1)c1ccccc1. The lowest BCUT2D eigenvalue weighted by molar-refractivity contribution is -0.127. The molecule has 1 amide bonds. The second-order valence-corrected chi connectivity index (χ2v) is 5.95. The molecule has 0 aliphatic carbocycles. The number of amides is 1. The largest absolute Gasteiger partial charge is 0.381 e. The third-order valence-electron chi connectivity index (χ3n) is 4.71. The minimum Gasteiger partial charge on any atom is -0.381 e. The number of para-hydroxylation sites is 1. The van der Waals surface area contributed by atoms with E-state index in [0.29, 0.717) is 19.8 Å². The quantitative estimate of drug-likeness (QED) is 0.860. The van der Waals surface area contributed by atoms with Gasteiger partial charge in [-0.15, -0.1) is 0 Å². The smallest absolute Gasteiger partial charge is 0.237 e. The number of benzene rings is 2. The van der Waals surface area contributed by atoms with Crippen molar-refractivity contribution in [2.45, 2.75) is 25.2 Å². The molecule has 1 aliphatic rings. The van der Waals surface area contributed by atoms with Crippen LogP contribution in [0.5, 0.6) is 0 Å². The predicted molar refractivity (Wildman–Crippen MR) is 92.6 cm³/mol. The lowest BCUT2D eigenvalue weighted by atomic mass is 9.73. The van der Waals surface area contributed by atoms with Gasteiger partial charge in [0, 0.05) is 25.4 Å². The van der Waals surface area contributed by atoms with E-state index in [0.717, 1.165) is 24.1 Å². The number of likely N-dealkylation sites (N-methyl/N-ethyl adjacent to an activating group) is 1. The van der Waals surface area contributed by atoms with Crippen molar-refractivity contribution in [3.05, 3.63) is 66.2 Å². The number of hydrogen-bond donors (Lipinski definition) is 0. The maximum atomic E-state index is 13.5. The Labute approximate surface area is 137 Å². The van der Waals surface area contributed by atoms with Gasteiger partial charge in [0.15, 0.2) is 0 Å². The third-order valence-corrected chi connectivity index (χ3v) is 4.71. The fourth-order valence-corrected chi connectivity index (χ4v) is 3.41. The molecule has 3 heteroatoms. The second-order valence-electron chi connectivity index (χ2n) is 5.95. The molecule has 0 unspecified atom stereocenters. The standard InChI is InChI=1S/C20H23NO2/c1-2-21(18-11-7-4-8-12-18)19(22)20(13-15-23-16-14-20)17-9-5-3-6-10-17/h3-12H,2,13-16H2,1H3. The van der Waals surface area contributed by atoms with E-state index in [2.05, 4.69) is 12.1 Å². The molecule has 1 saturated heterocycles. The lowest BCUT2D eigenvalue weighted by Crippen LogP contribution is -2.50. The normalized spacial score (nSPS) is 16.7. The van der Waals surface area contributed by atoms with E-state index in [1.807, 2.05) is 60.4 Å². The van der Waals surface area contributed by atoms with Crippen LogP contribution in [0.25, 0.3) is 0 Å². The second kappa shape index (κ2) is 6.97. The molecule has 0 N–H and O–H groups in total. The molecule has 0 aromatic heterocycles. The molecule has 2 aromatic carbocycles. The molecule has 1 fully saturated rings. The van der Waals surface area contributed by atoms with Crippen LogP contribution in [0.15, 0.2) is 60.7 Å². The van der Waals surface area contributed by atoms with E-state index in [1.165, 1.54) is 0 Å². The highest BCUT2D eigenvalue weighted by Crippen LogP contribution is 2.37. The van der Waals surface area contributed by atoms with E-state index < -0.39 is 5.41 Å². The number of carbonyl (C=O) groups excluding carboxylic acids is 1. The van der Waals surface area contributed by atoms with Crippen molar-refractivity contribution in [1.29, 1.82) is 0 Å². The Morgan fingerprint density at radius 1 is 1.00 bits per heavy atom. The van der Waals surface area contributed by atoms with Crippen LogP contribution in [0.3, 0.4) is 0 Å². The van der Waals surface area contributed by atoms with Crippen LogP contribution in [0.4, 0.5) is 5.69 Å². The van der Waals surface area contributed by atoms with Crippen LogP contribution in [0.1, 0.15) is 25.3 Å². The number of anilines is 1. The summed E-state index contributed by atoms with van der Waals surface area (Å²) < 4.78 is 5.54. The molecule has 120 valence electrons. The lowest BCUT2D eigenvalue weighted by Gasteiger charge is -2.40. The third kappa shape index (κ3) is 3.02. The minimum atomic E-state index is -0.481. The topological polar surface area (TPSA) is 29.5 Å². The van der Waals surface area contributed by atoms with Gasteiger partial charge in [0.25, 0.3) is 0 Å². The Morgan fingerprint density at radius 2 is 1.57 bits per heavy atom. The molecule has 23 heavy (non-hydrogen) atoms. The highest BCUT2D eigenvalue weighted by molar-refractivity contribution is 6.01. The van der Waals surface area contributed by atoms with E-state index in [4.69, 9.17) is 4.74 Å². The minimum absolute atomic E-state index is 0.181. The maximum Gasteiger partial charge on any atom is 0.237 e. The van der Waals surface area contributed by atoms with Crippen molar-refractivity contribution in [3.8, 4) is 0 Å². The van der Waals surface area contributed by atoms with Gasteiger partial charge in [-0.1, -0.05) is 48.5 Å². The fraction of sp³-hybridized carbons (Fsp3) is 0.350. The van der Waals surface area contributed by atoms with Crippen LogP contribution in [-0.4, -0.2) is 25.7 Å². The highest BCUT2D eigenvalue weighted by Gasteiger charge is 2.44. The summed E-state index contributed by atoms with van der Waals surface area (Å²) in [6.45, 7) is 3.96. The Balaban J connectivity index is 2.01. The molecule has 3 rings (SSSR count). The monoisotopic (exact) mass is 309 g/mol. The molecule has 3 nitrogen and oxygen atoms in total. The average Bonchev–Trinajstić information content (AvgIpc) is 2.64. The van der Waals surface area contributed by atoms with Crippen molar-refractivity contribution in [3.63, 3.8) is 0 Å². The van der Waals surface area contributed by atoms with Gasteiger partial charge in [-0.25, -0.2) is 0 Å². The van der Waals surface area contributed by atoms with Gasteiger partial charge in [-0.2, -0.15) is 0 Å². The summed E-state index contributed by atoms with van der Waals surface area (Å²) in [5, 5.41) is 0. The number of ether oxygens (including phenoxy) is 1. The summed E-state index contributed by atoms with van der Waals surface area (Å²) in [7, 11) is 0. The van der Waals surface area contributed by atoms with Gasteiger partial charge >= 0.3 is 0 Å². The van der Waals surface area contributed by atoms with Crippen LogP contribution in [0.2, 0.25) is 0 Å². The zero-order valence-electron chi connectivity index (χ0n) is 13.6. The zero-order valence-corrected chi connectivity index (χ0v) is 13.6. The van der Waals surface area contributed by atoms with Gasteiger partial charge in [0.2, 0.25) is 5.91 Å². The number of carbonyl (C=O) groups is 1. The van der Waals surface area contributed by atoms with Crippen molar-refractivity contribution >= 4 is 11.6 Å². The van der Waals surface area contributed by atoms with Crippen molar-refractivity contribution < 1.29 is 9.53 Å². The van der Waals surface area contributed by atoms with Crippen LogP contribution < -0.4 is 4.90 Å². The van der Waals surface area contributed by atoms with Gasteiger partial charge in [0.1, 0.15) is 0 Å². The molecule has 0 bridgehead atoms. The van der Waals surface area contributed by atoms with Crippen molar-refractivity contribution in [2.75, 3.05) is 24.7 Å². The van der Waals surface area contributed by atoms with E-state index in [9.17, 15) is 4.79 Å². The molecular weight excluding hydrogens is 286 g/mol. The number of rotatable bonds is 4. The maximum absolute atomic E-state index is 13.5. The molecule has 2 aromatic rings. The summed E-state index contributed by atoms with van der Waals surface area (Å²) in [4.78, 5) is 15.4. The first kappa shape index (κ1) is 15.8. The van der Waals surface area contributed by atoms with Crippen LogP contribution in [0, 0.1) is 0 Å². The summed E-state index contributed by atoms with van der Waals surface area (Å²) in [6, 6.07) is 20.1. The Hall–Kier alpha value is -2.13. The van der Waals surface area contributed by atoms with Crippen LogP contribution in [-0.2, 0) is 14.9 Å². The van der Waals surface area contributed by atoms with E-state index >= 15 is 0 Å². The highest BCUT2D eigenvalue weighted by atomic mass is 16.5. The summed E-state index contributed by atoms with van der Waals surface area (Å²) in [5.74, 6) is 0.181. The van der Waals surface area contributed by atoms with Gasteiger partial charge in [-0.05, 0) is 37.5 Å². The van der Waals surface area contributed by atoms with Crippen molar-refractivity contribution in [1.82, 2.24) is 0 Å². The molecule has 0 radical (unpaired) electrons. The summed E-state index contributed by atoms with van der Waals surface area (Å²) in [6.07, 6.45) is 1.47. The van der Waals surface area contributed by atoms with Gasteiger partial charge in [0.05, 0.1) is 5.41 Å². The number of hydrogen-bond acceptors (Lipinski definition) is 2. The Kier molecular flexibility index (Phi) is 4.77. The van der Waals surface area contributed by atoms with Gasteiger partial charge in [-0.3, -0.25) is 4.79 Å². The van der Waals surface area contributed by atoms with Crippen LogP contribution >= 0.6 is 0 Å². The molecule has 0 atom stereocenters. The van der Waals surface area contributed by atoms with Gasteiger partial charge < -0.3 is 9.64 Å². The zero-order chi connectivity index (χ0) is 16.1. The summed E-state index contributed by atoms with van der Waals surface area (Å²) >= 11 is 0. The predicted octanol–water partition coefficient (Wildman–Crippen LogP) is 3.79. The molecule has 1 aliphatic heterocycles. The molecule has 0 spiro atoms.